The number of aliphatic hydroxyl groups excluding tert-OH is 1. The van der Waals surface area contributed by atoms with E-state index in [2.05, 4.69) is 25.1 Å². The first-order valence-corrected chi connectivity index (χ1v) is 5.60. The van der Waals surface area contributed by atoms with Gasteiger partial charge in [0.1, 0.15) is 0 Å². The third-order valence-corrected chi connectivity index (χ3v) is 3.17. The van der Waals surface area contributed by atoms with Gasteiger partial charge in [0.15, 0.2) is 0 Å². The maximum atomic E-state index is 9.22. The summed E-state index contributed by atoms with van der Waals surface area (Å²) in [5, 5.41) is 9.22. The molecule has 1 aromatic rings. The van der Waals surface area contributed by atoms with Crippen LogP contribution in [-0.2, 0) is 4.74 Å². The summed E-state index contributed by atoms with van der Waals surface area (Å²) in [5.74, 6) is 0.747. The third kappa shape index (κ3) is 2.21. The van der Waals surface area contributed by atoms with Crippen LogP contribution in [0.25, 0.3) is 0 Å². The van der Waals surface area contributed by atoms with Crippen molar-refractivity contribution in [3.05, 3.63) is 35.4 Å². The molecule has 0 aliphatic carbocycles. The summed E-state index contributed by atoms with van der Waals surface area (Å²) in [7, 11) is 0. The zero-order chi connectivity index (χ0) is 10.7. The highest BCUT2D eigenvalue weighted by Gasteiger charge is 2.21. The van der Waals surface area contributed by atoms with Crippen LogP contribution in [-0.4, -0.2) is 24.9 Å². The van der Waals surface area contributed by atoms with E-state index in [4.69, 9.17) is 4.74 Å². The fourth-order valence-corrected chi connectivity index (χ4v) is 2.21. The van der Waals surface area contributed by atoms with Gasteiger partial charge in [-0.05, 0) is 17.5 Å². The second-order valence-corrected chi connectivity index (χ2v) is 4.27. The molecule has 82 valence electrons. The summed E-state index contributed by atoms with van der Waals surface area (Å²) in [6, 6.07) is 8.40. The Labute approximate surface area is 90.9 Å². The fraction of sp³-hybridized carbons (Fsp3) is 0.538. The van der Waals surface area contributed by atoms with E-state index in [0.717, 1.165) is 19.6 Å². The van der Waals surface area contributed by atoms with Crippen LogP contribution in [0.1, 0.15) is 36.3 Å². The first-order chi connectivity index (χ1) is 7.33. The Morgan fingerprint density at radius 2 is 2.27 bits per heavy atom. The van der Waals surface area contributed by atoms with E-state index in [1.54, 1.807) is 0 Å². The average Bonchev–Trinajstić information content (AvgIpc) is 2.81. The molecule has 2 atom stereocenters. The molecule has 0 saturated carbocycles. The number of hydrogen-bond acceptors (Lipinski definition) is 2. The van der Waals surface area contributed by atoms with Gasteiger partial charge in [-0.25, -0.2) is 0 Å². The minimum atomic E-state index is 0.213. The van der Waals surface area contributed by atoms with Gasteiger partial charge in [0.2, 0.25) is 0 Å². The van der Waals surface area contributed by atoms with Crippen molar-refractivity contribution in [2.24, 2.45) is 0 Å². The second kappa shape index (κ2) is 4.77. The van der Waals surface area contributed by atoms with Gasteiger partial charge in [0.25, 0.3) is 0 Å². The molecule has 1 aromatic carbocycles. The molecular weight excluding hydrogens is 188 g/mol. The van der Waals surface area contributed by atoms with Crippen molar-refractivity contribution in [2.45, 2.75) is 25.2 Å². The molecule has 1 aliphatic rings. The summed E-state index contributed by atoms with van der Waals surface area (Å²) in [6.07, 6.45) is 1.11. The molecule has 1 heterocycles. The van der Waals surface area contributed by atoms with E-state index in [1.807, 2.05) is 6.07 Å². The summed E-state index contributed by atoms with van der Waals surface area (Å²) in [6.45, 7) is 3.97. The molecular formula is C13H18O2. The molecule has 2 heteroatoms. The van der Waals surface area contributed by atoms with E-state index in [0.29, 0.717) is 5.92 Å². The van der Waals surface area contributed by atoms with E-state index in [1.165, 1.54) is 11.1 Å². The third-order valence-electron chi connectivity index (χ3n) is 3.17. The Hall–Kier alpha value is -0.860. The van der Waals surface area contributed by atoms with Gasteiger partial charge in [-0.1, -0.05) is 31.2 Å². The molecule has 1 N–H and O–H groups in total. The Balaban J connectivity index is 2.28. The monoisotopic (exact) mass is 206 g/mol. The second-order valence-electron chi connectivity index (χ2n) is 4.27. The Kier molecular flexibility index (Phi) is 3.39. The highest BCUT2D eigenvalue weighted by Crippen LogP contribution is 2.31. The smallest absolute Gasteiger partial charge is 0.0535 e. The average molecular weight is 206 g/mol. The number of ether oxygens (including phenoxy) is 1. The highest BCUT2D eigenvalue weighted by molar-refractivity contribution is 5.33. The number of rotatable bonds is 3. The Morgan fingerprint density at radius 1 is 1.47 bits per heavy atom. The van der Waals surface area contributed by atoms with E-state index in [-0.39, 0.29) is 12.5 Å². The number of benzene rings is 1. The van der Waals surface area contributed by atoms with Crippen LogP contribution in [0.4, 0.5) is 0 Å². The Morgan fingerprint density at radius 3 is 2.93 bits per heavy atom. The van der Waals surface area contributed by atoms with E-state index >= 15 is 0 Å². The van der Waals surface area contributed by atoms with Crippen molar-refractivity contribution in [3.63, 3.8) is 0 Å². The SMILES string of the molecule is CC(CO)c1ccccc1C1CCOC1. The molecule has 1 aliphatic heterocycles. The predicted molar refractivity (Wildman–Crippen MR) is 60.1 cm³/mol. The highest BCUT2D eigenvalue weighted by atomic mass is 16.5. The zero-order valence-electron chi connectivity index (χ0n) is 9.15. The van der Waals surface area contributed by atoms with Crippen LogP contribution in [0.15, 0.2) is 24.3 Å². The molecule has 1 fully saturated rings. The van der Waals surface area contributed by atoms with Crippen molar-refractivity contribution in [1.29, 1.82) is 0 Å². The molecule has 2 unspecified atom stereocenters. The minimum absolute atomic E-state index is 0.213. The molecule has 0 bridgehead atoms. The number of hydrogen-bond donors (Lipinski definition) is 1. The maximum Gasteiger partial charge on any atom is 0.0535 e. The predicted octanol–water partition coefficient (Wildman–Crippen LogP) is 2.29. The molecule has 0 spiro atoms. The van der Waals surface area contributed by atoms with Crippen LogP contribution < -0.4 is 0 Å². The summed E-state index contributed by atoms with van der Waals surface area (Å²) in [5.41, 5.74) is 2.63. The summed E-state index contributed by atoms with van der Waals surface area (Å²) in [4.78, 5) is 0. The van der Waals surface area contributed by atoms with Crippen molar-refractivity contribution in [3.8, 4) is 0 Å². The van der Waals surface area contributed by atoms with Gasteiger partial charge in [-0.2, -0.15) is 0 Å². The largest absolute Gasteiger partial charge is 0.396 e. The molecule has 2 rings (SSSR count). The van der Waals surface area contributed by atoms with Crippen LogP contribution in [0.2, 0.25) is 0 Å². The van der Waals surface area contributed by atoms with Crippen LogP contribution in [0.3, 0.4) is 0 Å². The van der Waals surface area contributed by atoms with Crippen LogP contribution >= 0.6 is 0 Å². The lowest BCUT2D eigenvalue weighted by molar-refractivity contribution is 0.193. The van der Waals surface area contributed by atoms with Crippen molar-refractivity contribution < 1.29 is 9.84 Å². The summed E-state index contributed by atoms with van der Waals surface area (Å²) < 4.78 is 5.42. The van der Waals surface area contributed by atoms with Gasteiger partial charge in [0, 0.05) is 25.0 Å². The lowest BCUT2D eigenvalue weighted by Gasteiger charge is -2.17. The zero-order valence-corrected chi connectivity index (χ0v) is 9.15. The van der Waals surface area contributed by atoms with Crippen molar-refractivity contribution >= 4 is 0 Å². The van der Waals surface area contributed by atoms with E-state index in [9.17, 15) is 5.11 Å². The van der Waals surface area contributed by atoms with E-state index < -0.39 is 0 Å². The molecule has 0 aromatic heterocycles. The molecule has 15 heavy (non-hydrogen) atoms. The summed E-state index contributed by atoms with van der Waals surface area (Å²) >= 11 is 0. The van der Waals surface area contributed by atoms with Gasteiger partial charge in [-0.3, -0.25) is 0 Å². The van der Waals surface area contributed by atoms with Crippen molar-refractivity contribution in [2.75, 3.05) is 19.8 Å². The lowest BCUT2D eigenvalue weighted by Crippen LogP contribution is -2.07. The molecule has 0 radical (unpaired) electrons. The molecule has 2 nitrogen and oxygen atoms in total. The van der Waals surface area contributed by atoms with Crippen LogP contribution in [0.5, 0.6) is 0 Å². The maximum absolute atomic E-state index is 9.22. The topological polar surface area (TPSA) is 29.5 Å². The number of aliphatic hydroxyl groups is 1. The van der Waals surface area contributed by atoms with Gasteiger partial charge in [-0.15, -0.1) is 0 Å². The standard InChI is InChI=1S/C13H18O2/c1-10(8-14)12-4-2-3-5-13(12)11-6-7-15-9-11/h2-5,10-11,14H,6-9H2,1H3. The van der Waals surface area contributed by atoms with Gasteiger partial charge < -0.3 is 9.84 Å². The first-order valence-electron chi connectivity index (χ1n) is 5.60. The minimum Gasteiger partial charge on any atom is -0.396 e. The normalized spacial score (nSPS) is 22.9. The molecule has 1 saturated heterocycles. The first kappa shape index (κ1) is 10.7. The fourth-order valence-electron chi connectivity index (χ4n) is 2.21. The lowest BCUT2D eigenvalue weighted by atomic mass is 9.88. The molecule has 0 amide bonds. The quantitative estimate of drug-likeness (QED) is 0.822. The van der Waals surface area contributed by atoms with Crippen molar-refractivity contribution in [1.82, 2.24) is 0 Å². The van der Waals surface area contributed by atoms with Gasteiger partial charge in [0.05, 0.1) is 6.61 Å². The van der Waals surface area contributed by atoms with Crippen LogP contribution in [0, 0.1) is 0 Å². The van der Waals surface area contributed by atoms with Gasteiger partial charge >= 0.3 is 0 Å². The Bertz CT molecular complexity index is 316.